The van der Waals surface area contributed by atoms with Gasteiger partial charge in [0.05, 0.1) is 0 Å². The average molecular weight is 260 g/mol. The number of pyridine rings is 1. The number of rotatable bonds is 1. The maximum absolute atomic E-state index is 4.28. The van der Waals surface area contributed by atoms with Gasteiger partial charge in [-0.25, -0.2) is 4.98 Å². The number of halogens is 1. The SMILES string of the molecule is Ic1ccnc(N2CCC2)c1. The van der Waals surface area contributed by atoms with Crippen LogP contribution >= 0.6 is 22.6 Å². The van der Waals surface area contributed by atoms with E-state index in [1.54, 1.807) is 0 Å². The van der Waals surface area contributed by atoms with Crippen molar-refractivity contribution in [1.29, 1.82) is 0 Å². The van der Waals surface area contributed by atoms with Crippen LogP contribution in [0.5, 0.6) is 0 Å². The predicted molar refractivity (Wildman–Crippen MR) is 53.8 cm³/mol. The molecular formula is C8H9IN2. The Morgan fingerprint density at radius 2 is 2.27 bits per heavy atom. The number of hydrogen-bond acceptors (Lipinski definition) is 2. The Hall–Kier alpha value is -0.320. The second-order valence-electron chi connectivity index (χ2n) is 2.67. The molecule has 0 atom stereocenters. The topological polar surface area (TPSA) is 16.1 Å². The second-order valence-corrected chi connectivity index (χ2v) is 3.92. The molecule has 0 amide bonds. The summed E-state index contributed by atoms with van der Waals surface area (Å²) in [6.45, 7) is 2.35. The van der Waals surface area contributed by atoms with Crippen molar-refractivity contribution < 1.29 is 0 Å². The fourth-order valence-corrected chi connectivity index (χ4v) is 1.55. The molecule has 0 spiro atoms. The van der Waals surface area contributed by atoms with Crippen molar-refractivity contribution in [2.75, 3.05) is 18.0 Å². The zero-order valence-corrected chi connectivity index (χ0v) is 8.28. The summed E-state index contributed by atoms with van der Waals surface area (Å²) in [6.07, 6.45) is 3.18. The lowest BCUT2D eigenvalue weighted by molar-refractivity contribution is 0.609. The molecule has 2 heterocycles. The molecule has 2 nitrogen and oxygen atoms in total. The van der Waals surface area contributed by atoms with Crippen molar-refractivity contribution in [3.05, 3.63) is 21.9 Å². The summed E-state index contributed by atoms with van der Waals surface area (Å²) < 4.78 is 1.26. The molecule has 11 heavy (non-hydrogen) atoms. The fourth-order valence-electron chi connectivity index (χ4n) is 1.11. The third-order valence-electron chi connectivity index (χ3n) is 1.89. The molecule has 0 saturated carbocycles. The molecule has 1 fully saturated rings. The van der Waals surface area contributed by atoms with Crippen molar-refractivity contribution in [1.82, 2.24) is 4.98 Å². The van der Waals surface area contributed by atoms with Crippen LogP contribution in [0.3, 0.4) is 0 Å². The molecule has 0 bridgehead atoms. The zero-order chi connectivity index (χ0) is 7.68. The third kappa shape index (κ3) is 1.47. The van der Waals surface area contributed by atoms with E-state index >= 15 is 0 Å². The molecule has 1 saturated heterocycles. The number of anilines is 1. The van der Waals surface area contributed by atoms with Crippen LogP contribution in [0.4, 0.5) is 5.82 Å². The minimum Gasteiger partial charge on any atom is -0.356 e. The first-order valence-electron chi connectivity index (χ1n) is 3.73. The van der Waals surface area contributed by atoms with Gasteiger partial charge in [-0.15, -0.1) is 0 Å². The van der Waals surface area contributed by atoms with Gasteiger partial charge in [-0.2, -0.15) is 0 Å². The Morgan fingerprint density at radius 1 is 1.45 bits per heavy atom. The highest BCUT2D eigenvalue weighted by atomic mass is 127. The Morgan fingerprint density at radius 3 is 2.82 bits per heavy atom. The van der Waals surface area contributed by atoms with E-state index in [0.717, 1.165) is 5.82 Å². The van der Waals surface area contributed by atoms with Gasteiger partial charge in [0.1, 0.15) is 5.82 Å². The van der Waals surface area contributed by atoms with E-state index in [1.165, 1.54) is 23.1 Å². The molecule has 0 aliphatic carbocycles. The van der Waals surface area contributed by atoms with Crippen LogP contribution in [0.1, 0.15) is 6.42 Å². The summed E-state index contributed by atoms with van der Waals surface area (Å²) in [5.41, 5.74) is 0. The van der Waals surface area contributed by atoms with Gasteiger partial charge >= 0.3 is 0 Å². The predicted octanol–water partition coefficient (Wildman–Crippen LogP) is 1.90. The molecule has 1 aromatic heterocycles. The molecule has 1 aliphatic heterocycles. The van der Waals surface area contributed by atoms with E-state index < -0.39 is 0 Å². The summed E-state index contributed by atoms with van der Waals surface area (Å²) >= 11 is 2.31. The maximum atomic E-state index is 4.28. The Labute approximate surface area is 79.8 Å². The summed E-state index contributed by atoms with van der Waals surface area (Å²) in [7, 11) is 0. The van der Waals surface area contributed by atoms with Gasteiger partial charge in [-0.3, -0.25) is 0 Å². The van der Waals surface area contributed by atoms with Gasteiger partial charge in [0.2, 0.25) is 0 Å². The number of hydrogen-bond donors (Lipinski definition) is 0. The molecule has 2 rings (SSSR count). The van der Waals surface area contributed by atoms with E-state index in [4.69, 9.17) is 0 Å². The average Bonchev–Trinajstić information content (AvgIpc) is 1.83. The van der Waals surface area contributed by atoms with E-state index in [9.17, 15) is 0 Å². The Balaban J connectivity index is 2.23. The van der Waals surface area contributed by atoms with Crippen LogP contribution in [-0.2, 0) is 0 Å². The van der Waals surface area contributed by atoms with E-state index in [0.29, 0.717) is 0 Å². The highest BCUT2D eigenvalue weighted by molar-refractivity contribution is 14.1. The van der Waals surface area contributed by atoms with Crippen molar-refractivity contribution in [2.45, 2.75) is 6.42 Å². The molecule has 58 valence electrons. The number of nitrogens with zero attached hydrogens (tertiary/aromatic N) is 2. The summed E-state index contributed by atoms with van der Waals surface area (Å²) in [6, 6.07) is 4.14. The Kier molecular flexibility index (Phi) is 1.98. The van der Waals surface area contributed by atoms with E-state index in [-0.39, 0.29) is 0 Å². The van der Waals surface area contributed by atoms with Crippen LogP contribution in [0, 0.1) is 3.57 Å². The molecule has 3 heteroatoms. The van der Waals surface area contributed by atoms with E-state index in [1.807, 2.05) is 12.3 Å². The minimum atomic E-state index is 1.13. The smallest absolute Gasteiger partial charge is 0.129 e. The van der Waals surface area contributed by atoms with Crippen LogP contribution in [0.2, 0.25) is 0 Å². The van der Waals surface area contributed by atoms with Gasteiger partial charge in [0.15, 0.2) is 0 Å². The molecule has 0 aromatic carbocycles. The molecular weight excluding hydrogens is 251 g/mol. The minimum absolute atomic E-state index is 1.13. The van der Waals surface area contributed by atoms with Crippen LogP contribution in [0.15, 0.2) is 18.3 Å². The van der Waals surface area contributed by atoms with E-state index in [2.05, 4.69) is 38.5 Å². The highest BCUT2D eigenvalue weighted by Gasteiger charge is 2.14. The normalized spacial score (nSPS) is 16.3. The molecule has 0 radical (unpaired) electrons. The van der Waals surface area contributed by atoms with Crippen LogP contribution in [-0.4, -0.2) is 18.1 Å². The first kappa shape index (κ1) is 7.34. The first-order valence-corrected chi connectivity index (χ1v) is 4.80. The lowest BCUT2D eigenvalue weighted by Crippen LogP contribution is -2.37. The van der Waals surface area contributed by atoms with Crippen molar-refractivity contribution in [3.8, 4) is 0 Å². The lowest BCUT2D eigenvalue weighted by atomic mass is 10.2. The van der Waals surface area contributed by atoms with Crippen LogP contribution < -0.4 is 4.90 Å². The summed E-state index contributed by atoms with van der Waals surface area (Å²) in [4.78, 5) is 6.58. The van der Waals surface area contributed by atoms with Crippen molar-refractivity contribution in [3.63, 3.8) is 0 Å². The van der Waals surface area contributed by atoms with Gasteiger partial charge in [0, 0.05) is 22.9 Å². The molecule has 1 aromatic rings. The van der Waals surface area contributed by atoms with Gasteiger partial charge < -0.3 is 4.90 Å². The summed E-state index contributed by atoms with van der Waals surface area (Å²) in [5, 5.41) is 0. The largest absolute Gasteiger partial charge is 0.356 e. The quantitative estimate of drug-likeness (QED) is 0.717. The lowest BCUT2D eigenvalue weighted by Gasteiger charge is -2.31. The van der Waals surface area contributed by atoms with Crippen LogP contribution in [0.25, 0.3) is 0 Å². The standard InChI is InChI=1S/C8H9IN2/c9-7-2-3-10-8(6-7)11-4-1-5-11/h2-3,6H,1,4-5H2. The third-order valence-corrected chi connectivity index (χ3v) is 2.56. The van der Waals surface area contributed by atoms with Gasteiger partial charge in [-0.05, 0) is 41.1 Å². The number of aromatic nitrogens is 1. The maximum Gasteiger partial charge on any atom is 0.129 e. The molecule has 0 unspecified atom stereocenters. The van der Waals surface area contributed by atoms with Gasteiger partial charge in [0.25, 0.3) is 0 Å². The molecule has 0 N–H and O–H groups in total. The van der Waals surface area contributed by atoms with Gasteiger partial charge in [-0.1, -0.05) is 0 Å². The zero-order valence-electron chi connectivity index (χ0n) is 6.13. The highest BCUT2D eigenvalue weighted by Crippen LogP contribution is 2.18. The monoisotopic (exact) mass is 260 g/mol. The fraction of sp³-hybridized carbons (Fsp3) is 0.375. The van der Waals surface area contributed by atoms with Crippen molar-refractivity contribution >= 4 is 28.4 Å². The second kappa shape index (κ2) is 2.97. The summed E-state index contributed by atoms with van der Waals surface area (Å²) in [5.74, 6) is 1.13. The van der Waals surface area contributed by atoms with Crippen molar-refractivity contribution in [2.24, 2.45) is 0 Å². The molecule has 1 aliphatic rings. The Bertz CT molecular complexity index is 258. The first-order chi connectivity index (χ1) is 5.36.